The smallest absolute Gasteiger partial charge is 0.264 e. The van der Waals surface area contributed by atoms with Crippen molar-refractivity contribution in [2.24, 2.45) is 0 Å². The molecule has 0 saturated carbocycles. The molecule has 2 amide bonds. The van der Waals surface area contributed by atoms with Crippen LogP contribution in [0.3, 0.4) is 0 Å². The molecule has 0 spiro atoms. The maximum atomic E-state index is 13.9. The highest BCUT2D eigenvalue weighted by Gasteiger charge is 2.33. The molecule has 0 bridgehead atoms. The van der Waals surface area contributed by atoms with Gasteiger partial charge >= 0.3 is 0 Å². The molecule has 38 heavy (non-hydrogen) atoms. The number of hydrogen-bond acceptors (Lipinski definition) is 4. The Labute approximate surface area is 230 Å². The summed E-state index contributed by atoms with van der Waals surface area (Å²) in [4.78, 5) is 28.5. The van der Waals surface area contributed by atoms with Crippen molar-refractivity contribution in [2.75, 3.05) is 10.8 Å². The highest BCUT2D eigenvalue weighted by atomic mass is 35.5. The first-order valence-corrected chi connectivity index (χ1v) is 14.1. The van der Waals surface area contributed by atoms with Gasteiger partial charge in [-0.1, -0.05) is 54.1 Å². The fourth-order valence-corrected chi connectivity index (χ4v) is 5.43. The van der Waals surface area contributed by atoms with Crippen molar-refractivity contribution in [1.29, 1.82) is 0 Å². The lowest BCUT2D eigenvalue weighted by Crippen LogP contribution is -2.54. The molecule has 0 fully saturated rings. The first-order valence-electron chi connectivity index (χ1n) is 12.3. The minimum absolute atomic E-state index is 0.0667. The van der Waals surface area contributed by atoms with Crippen LogP contribution in [-0.2, 0) is 26.2 Å². The van der Waals surface area contributed by atoms with Crippen molar-refractivity contribution in [3.05, 3.63) is 95.0 Å². The lowest BCUT2D eigenvalue weighted by atomic mass is 10.1. The summed E-state index contributed by atoms with van der Waals surface area (Å²) in [6, 6.07) is 21.0. The van der Waals surface area contributed by atoms with E-state index in [2.05, 4.69) is 5.32 Å². The average Bonchev–Trinajstić information content (AvgIpc) is 2.85. The predicted molar refractivity (Wildman–Crippen MR) is 152 cm³/mol. The number of nitrogens with one attached hydrogen (secondary N) is 1. The summed E-state index contributed by atoms with van der Waals surface area (Å²) >= 11 is 6.04. The van der Waals surface area contributed by atoms with Crippen LogP contribution in [0, 0.1) is 6.92 Å². The second-order valence-corrected chi connectivity index (χ2v) is 12.5. The van der Waals surface area contributed by atoms with Gasteiger partial charge in [0.1, 0.15) is 12.6 Å². The van der Waals surface area contributed by atoms with Crippen molar-refractivity contribution in [1.82, 2.24) is 10.2 Å². The lowest BCUT2D eigenvalue weighted by Gasteiger charge is -2.33. The van der Waals surface area contributed by atoms with Gasteiger partial charge in [-0.25, -0.2) is 8.42 Å². The minimum Gasteiger partial charge on any atom is -0.350 e. The minimum atomic E-state index is -4.08. The van der Waals surface area contributed by atoms with Gasteiger partial charge in [0.15, 0.2) is 0 Å². The highest BCUT2D eigenvalue weighted by molar-refractivity contribution is 7.92. The SMILES string of the molecule is Cc1cccc(N(CC(=O)N(Cc2ccc(Cl)cc2)C(C)C(=O)NC(C)(C)C)S(=O)(=O)c2ccccc2)c1. The maximum absolute atomic E-state index is 13.9. The largest absolute Gasteiger partial charge is 0.350 e. The number of nitrogens with zero attached hydrogens (tertiary/aromatic N) is 2. The van der Waals surface area contributed by atoms with Crippen LogP contribution in [0.2, 0.25) is 5.02 Å². The van der Waals surface area contributed by atoms with E-state index in [9.17, 15) is 18.0 Å². The number of amides is 2. The van der Waals surface area contributed by atoms with Crippen LogP contribution in [0.1, 0.15) is 38.8 Å². The Morgan fingerprint density at radius 2 is 1.58 bits per heavy atom. The number of anilines is 1. The summed E-state index contributed by atoms with van der Waals surface area (Å²) in [6.45, 7) is 8.67. The van der Waals surface area contributed by atoms with E-state index in [0.717, 1.165) is 15.4 Å². The fourth-order valence-electron chi connectivity index (χ4n) is 3.87. The van der Waals surface area contributed by atoms with Gasteiger partial charge in [-0.05, 0) is 82.1 Å². The van der Waals surface area contributed by atoms with Gasteiger partial charge in [-0.3, -0.25) is 13.9 Å². The fraction of sp³-hybridized carbons (Fsp3) is 0.310. The topological polar surface area (TPSA) is 86.8 Å². The van der Waals surface area contributed by atoms with Gasteiger partial charge in [-0.2, -0.15) is 0 Å². The predicted octanol–water partition coefficient (Wildman–Crippen LogP) is 5.18. The third-order valence-corrected chi connectivity index (χ3v) is 7.87. The summed E-state index contributed by atoms with van der Waals surface area (Å²) in [5.41, 5.74) is 1.45. The zero-order valence-electron chi connectivity index (χ0n) is 22.3. The zero-order chi connectivity index (χ0) is 28.1. The van der Waals surface area contributed by atoms with Crippen molar-refractivity contribution in [3.63, 3.8) is 0 Å². The lowest BCUT2D eigenvalue weighted by molar-refractivity contribution is -0.140. The third-order valence-electron chi connectivity index (χ3n) is 5.83. The summed E-state index contributed by atoms with van der Waals surface area (Å²) in [5, 5.41) is 3.46. The zero-order valence-corrected chi connectivity index (χ0v) is 23.9. The van der Waals surface area contributed by atoms with Gasteiger partial charge in [0.2, 0.25) is 11.8 Å². The van der Waals surface area contributed by atoms with Crippen LogP contribution < -0.4 is 9.62 Å². The van der Waals surface area contributed by atoms with Gasteiger partial charge in [-0.15, -0.1) is 0 Å². The van der Waals surface area contributed by atoms with E-state index in [1.807, 2.05) is 33.8 Å². The van der Waals surface area contributed by atoms with Crippen molar-refractivity contribution in [2.45, 2.75) is 57.6 Å². The van der Waals surface area contributed by atoms with Gasteiger partial charge < -0.3 is 10.2 Å². The number of carbonyl (C=O) groups excluding carboxylic acids is 2. The molecule has 0 heterocycles. The Hall–Kier alpha value is -3.36. The Kier molecular flexibility index (Phi) is 9.22. The van der Waals surface area contributed by atoms with Crippen LogP contribution in [0.15, 0.2) is 83.8 Å². The molecule has 0 radical (unpaired) electrons. The molecule has 3 rings (SSSR count). The number of benzene rings is 3. The van der Waals surface area contributed by atoms with E-state index in [1.54, 1.807) is 67.6 Å². The van der Waals surface area contributed by atoms with Crippen molar-refractivity contribution < 1.29 is 18.0 Å². The van der Waals surface area contributed by atoms with Crippen LogP contribution >= 0.6 is 11.6 Å². The van der Waals surface area contributed by atoms with E-state index >= 15 is 0 Å². The van der Waals surface area contributed by atoms with E-state index in [4.69, 9.17) is 11.6 Å². The molecule has 3 aromatic rings. The molecule has 3 aromatic carbocycles. The monoisotopic (exact) mass is 555 g/mol. The summed E-state index contributed by atoms with van der Waals surface area (Å²) < 4.78 is 28.6. The summed E-state index contributed by atoms with van der Waals surface area (Å²) in [5.74, 6) is -0.856. The van der Waals surface area contributed by atoms with E-state index < -0.39 is 34.1 Å². The first kappa shape index (κ1) is 29.2. The normalized spacial score (nSPS) is 12.5. The highest BCUT2D eigenvalue weighted by Crippen LogP contribution is 2.25. The Morgan fingerprint density at radius 1 is 0.947 bits per heavy atom. The number of sulfonamides is 1. The molecule has 1 unspecified atom stereocenters. The molecule has 1 atom stereocenters. The molecule has 0 aliphatic heterocycles. The van der Waals surface area contributed by atoms with Crippen molar-refractivity contribution >= 4 is 39.1 Å². The van der Waals surface area contributed by atoms with Crippen molar-refractivity contribution in [3.8, 4) is 0 Å². The standard InChI is InChI=1S/C29H34ClN3O4S/c1-21-10-9-11-25(18-21)33(38(36,37)26-12-7-6-8-13-26)20-27(34)32(19-23-14-16-24(30)17-15-23)22(2)28(35)31-29(3,4)5/h6-18,22H,19-20H2,1-5H3,(H,31,35). The summed E-state index contributed by atoms with van der Waals surface area (Å²) in [7, 11) is -4.08. The molecule has 0 aromatic heterocycles. The average molecular weight is 556 g/mol. The Morgan fingerprint density at radius 3 is 2.16 bits per heavy atom. The number of rotatable bonds is 9. The quantitative estimate of drug-likeness (QED) is 0.394. The van der Waals surface area contributed by atoms with E-state index in [-0.39, 0.29) is 17.3 Å². The van der Waals surface area contributed by atoms with Crippen LogP contribution in [-0.4, -0.2) is 43.3 Å². The molecule has 0 aliphatic carbocycles. The number of hydrogen-bond donors (Lipinski definition) is 1. The molecular formula is C29H34ClN3O4S. The molecule has 9 heteroatoms. The molecule has 202 valence electrons. The van der Waals surface area contributed by atoms with Gasteiger partial charge in [0, 0.05) is 17.1 Å². The number of aryl methyl sites for hydroxylation is 1. The Balaban J connectivity index is 2.02. The second-order valence-electron chi connectivity index (χ2n) is 10.2. The molecular weight excluding hydrogens is 522 g/mol. The summed E-state index contributed by atoms with van der Waals surface area (Å²) in [6.07, 6.45) is 0. The van der Waals surface area contributed by atoms with E-state index in [1.165, 1.54) is 17.0 Å². The Bertz CT molecular complexity index is 1370. The number of carbonyl (C=O) groups is 2. The second kappa shape index (κ2) is 12.0. The van der Waals surface area contributed by atoms with Gasteiger partial charge in [0.25, 0.3) is 10.0 Å². The number of halogens is 1. The maximum Gasteiger partial charge on any atom is 0.264 e. The molecule has 7 nitrogen and oxygen atoms in total. The molecule has 0 saturated heterocycles. The van der Waals surface area contributed by atoms with Crippen LogP contribution in [0.4, 0.5) is 5.69 Å². The molecule has 1 N–H and O–H groups in total. The van der Waals surface area contributed by atoms with Crippen LogP contribution in [0.25, 0.3) is 0 Å². The van der Waals surface area contributed by atoms with Gasteiger partial charge in [0.05, 0.1) is 10.6 Å². The van der Waals surface area contributed by atoms with E-state index in [0.29, 0.717) is 10.7 Å². The molecule has 0 aliphatic rings. The first-order chi connectivity index (χ1) is 17.8. The van der Waals surface area contributed by atoms with Crippen LogP contribution in [0.5, 0.6) is 0 Å². The third kappa shape index (κ3) is 7.58.